The number of carbonyl (C=O) groups is 1. The van der Waals surface area contributed by atoms with Crippen LogP contribution in [-0.4, -0.2) is 10.8 Å². The Morgan fingerprint density at radius 2 is 1.67 bits per heavy atom. The number of hydrogen-bond donors (Lipinski definition) is 1. The number of amides is 1. The standard InChI is InChI=1S/C19H22N2O3/c1-13(14-9-11-15(12-10-14)21(23)24)18(22)20-17-8-6-5-7-16(17)19(2,3)4/h5-13H,1-4H3,(H,20,22)/t13-/m0/s1. The highest BCUT2D eigenvalue weighted by Gasteiger charge is 2.21. The Morgan fingerprint density at radius 1 is 1.08 bits per heavy atom. The number of nitrogens with one attached hydrogen (secondary N) is 1. The summed E-state index contributed by atoms with van der Waals surface area (Å²) in [5.41, 5.74) is 2.54. The average molecular weight is 326 g/mol. The molecule has 0 radical (unpaired) electrons. The first-order chi connectivity index (χ1) is 11.2. The summed E-state index contributed by atoms with van der Waals surface area (Å²) in [7, 11) is 0. The normalized spacial score (nSPS) is 12.5. The second kappa shape index (κ2) is 6.83. The van der Waals surface area contributed by atoms with E-state index in [9.17, 15) is 14.9 Å². The molecule has 0 spiro atoms. The molecule has 24 heavy (non-hydrogen) atoms. The minimum atomic E-state index is -0.450. The smallest absolute Gasteiger partial charge is 0.269 e. The summed E-state index contributed by atoms with van der Waals surface area (Å²) in [5.74, 6) is -0.542. The Hall–Kier alpha value is -2.69. The predicted molar refractivity (Wildman–Crippen MR) is 95.3 cm³/mol. The Balaban J connectivity index is 2.19. The number of nitro groups is 1. The van der Waals surface area contributed by atoms with Crippen molar-refractivity contribution in [3.8, 4) is 0 Å². The molecule has 0 aliphatic heterocycles. The molecule has 1 amide bonds. The second-order valence-corrected chi connectivity index (χ2v) is 6.86. The first-order valence-electron chi connectivity index (χ1n) is 7.85. The highest BCUT2D eigenvalue weighted by Crippen LogP contribution is 2.30. The highest BCUT2D eigenvalue weighted by molar-refractivity contribution is 5.96. The number of nitrogens with zero attached hydrogens (tertiary/aromatic N) is 1. The van der Waals surface area contributed by atoms with Gasteiger partial charge in [-0.2, -0.15) is 0 Å². The summed E-state index contributed by atoms with van der Waals surface area (Å²) >= 11 is 0. The van der Waals surface area contributed by atoms with Crippen LogP contribution in [0.1, 0.15) is 44.7 Å². The topological polar surface area (TPSA) is 72.2 Å². The van der Waals surface area contributed by atoms with Crippen LogP contribution in [0.3, 0.4) is 0 Å². The summed E-state index contributed by atoms with van der Waals surface area (Å²) in [6, 6.07) is 13.8. The molecule has 2 rings (SSSR count). The van der Waals surface area contributed by atoms with Crippen molar-refractivity contribution in [2.24, 2.45) is 0 Å². The first kappa shape index (κ1) is 17.7. The molecule has 2 aromatic carbocycles. The molecule has 5 nitrogen and oxygen atoms in total. The van der Waals surface area contributed by atoms with Gasteiger partial charge in [-0.25, -0.2) is 0 Å². The molecule has 0 fully saturated rings. The monoisotopic (exact) mass is 326 g/mol. The van der Waals surface area contributed by atoms with Gasteiger partial charge < -0.3 is 5.32 Å². The zero-order valence-electron chi connectivity index (χ0n) is 14.4. The van der Waals surface area contributed by atoms with Gasteiger partial charge in [0.15, 0.2) is 0 Å². The quantitative estimate of drug-likeness (QED) is 0.657. The van der Waals surface area contributed by atoms with Crippen LogP contribution < -0.4 is 5.32 Å². The molecule has 0 aliphatic carbocycles. The van der Waals surface area contributed by atoms with Crippen LogP contribution in [-0.2, 0) is 10.2 Å². The summed E-state index contributed by atoms with van der Waals surface area (Å²) in [6.07, 6.45) is 0. The van der Waals surface area contributed by atoms with Gasteiger partial charge in [-0.15, -0.1) is 0 Å². The zero-order valence-corrected chi connectivity index (χ0v) is 14.4. The van der Waals surface area contributed by atoms with Gasteiger partial charge in [0, 0.05) is 17.8 Å². The van der Waals surface area contributed by atoms with Crippen molar-refractivity contribution in [3.63, 3.8) is 0 Å². The van der Waals surface area contributed by atoms with Crippen LogP contribution in [0.5, 0.6) is 0 Å². The van der Waals surface area contributed by atoms with Crippen LogP contribution in [0, 0.1) is 10.1 Å². The fourth-order valence-corrected chi connectivity index (χ4v) is 2.52. The lowest BCUT2D eigenvalue weighted by molar-refractivity contribution is -0.384. The lowest BCUT2D eigenvalue weighted by atomic mass is 9.85. The lowest BCUT2D eigenvalue weighted by Crippen LogP contribution is -2.22. The summed E-state index contributed by atoms with van der Waals surface area (Å²) in [6.45, 7) is 8.07. The van der Waals surface area contributed by atoms with Crippen LogP contribution >= 0.6 is 0 Å². The number of non-ortho nitro benzene ring substituents is 1. The van der Waals surface area contributed by atoms with Crippen LogP contribution in [0.15, 0.2) is 48.5 Å². The third kappa shape index (κ3) is 3.98. The number of rotatable bonds is 4. The number of para-hydroxylation sites is 1. The number of hydrogen-bond acceptors (Lipinski definition) is 3. The van der Waals surface area contributed by atoms with E-state index in [0.717, 1.165) is 16.8 Å². The van der Waals surface area contributed by atoms with E-state index in [1.165, 1.54) is 12.1 Å². The maximum absolute atomic E-state index is 12.6. The first-order valence-corrected chi connectivity index (χ1v) is 7.85. The molecule has 0 aliphatic rings. The molecule has 0 saturated heterocycles. The van der Waals surface area contributed by atoms with Gasteiger partial charge in [0.2, 0.25) is 5.91 Å². The Kier molecular flexibility index (Phi) is 5.02. The molecule has 5 heteroatoms. The van der Waals surface area contributed by atoms with E-state index in [-0.39, 0.29) is 17.0 Å². The highest BCUT2D eigenvalue weighted by atomic mass is 16.6. The molecular formula is C19H22N2O3. The summed E-state index contributed by atoms with van der Waals surface area (Å²) < 4.78 is 0. The Morgan fingerprint density at radius 3 is 2.21 bits per heavy atom. The molecular weight excluding hydrogens is 304 g/mol. The van der Waals surface area contributed by atoms with Gasteiger partial charge in [-0.05, 0) is 29.5 Å². The van der Waals surface area contributed by atoms with Crippen LogP contribution in [0.4, 0.5) is 11.4 Å². The van der Waals surface area contributed by atoms with Gasteiger partial charge >= 0.3 is 0 Å². The van der Waals surface area contributed by atoms with Crippen LogP contribution in [0.25, 0.3) is 0 Å². The van der Waals surface area contributed by atoms with Crippen molar-refractivity contribution < 1.29 is 9.72 Å². The van der Waals surface area contributed by atoms with Gasteiger partial charge in [-0.3, -0.25) is 14.9 Å². The third-order valence-corrected chi connectivity index (χ3v) is 3.99. The fraction of sp³-hybridized carbons (Fsp3) is 0.316. The van der Waals surface area contributed by atoms with Gasteiger partial charge in [0.05, 0.1) is 10.8 Å². The van der Waals surface area contributed by atoms with Crippen LogP contribution in [0.2, 0.25) is 0 Å². The van der Waals surface area contributed by atoms with Gasteiger partial charge in [-0.1, -0.05) is 51.1 Å². The van der Waals surface area contributed by atoms with E-state index in [2.05, 4.69) is 26.1 Å². The number of carbonyl (C=O) groups excluding carboxylic acids is 1. The Labute approximate surface area is 141 Å². The maximum Gasteiger partial charge on any atom is 0.269 e. The SMILES string of the molecule is C[C@H](C(=O)Nc1ccccc1C(C)(C)C)c1ccc([N+](=O)[O-])cc1. The minimum Gasteiger partial charge on any atom is -0.325 e. The van der Waals surface area contributed by atoms with Crippen molar-refractivity contribution in [1.29, 1.82) is 0 Å². The zero-order chi connectivity index (χ0) is 17.9. The molecule has 2 aromatic rings. The summed E-state index contributed by atoms with van der Waals surface area (Å²) in [5, 5.41) is 13.7. The van der Waals surface area contributed by atoms with Crippen molar-refractivity contribution in [1.82, 2.24) is 0 Å². The molecule has 0 saturated carbocycles. The van der Waals surface area contributed by atoms with Gasteiger partial charge in [0.25, 0.3) is 5.69 Å². The van der Waals surface area contributed by atoms with Crippen molar-refractivity contribution in [2.75, 3.05) is 5.32 Å². The van der Waals surface area contributed by atoms with Crippen molar-refractivity contribution in [3.05, 3.63) is 69.8 Å². The molecule has 126 valence electrons. The van der Waals surface area contributed by atoms with E-state index >= 15 is 0 Å². The predicted octanol–water partition coefficient (Wildman–Crippen LogP) is 4.63. The maximum atomic E-state index is 12.6. The Bertz CT molecular complexity index is 746. The average Bonchev–Trinajstić information content (AvgIpc) is 2.53. The third-order valence-electron chi connectivity index (χ3n) is 3.99. The number of anilines is 1. The van der Waals surface area contributed by atoms with E-state index in [4.69, 9.17) is 0 Å². The minimum absolute atomic E-state index is 0.0180. The molecule has 0 unspecified atom stereocenters. The molecule has 1 atom stereocenters. The van der Waals surface area contributed by atoms with E-state index in [1.807, 2.05) is 24.3 Å². The van der Waals surface area contributed by atoms with Gasteiger partial charge in [0.1, 0.15) is 0 Å². The number of nitro benzene ring substituents is 1. The fourth-order valence-electron chi connectivity index (χ4n) is 2.52. The van der Waals surface area contributed by atoms with Crippen molar-refractivity contribution >= 4 is 17.3 Å². The van der Waals surface area contributed by atoms with E-state index in [0.29, 0.717) is 0 Å². The second-order valence-electron chi connectivity index (χ2n) is 6.86. The van der Waals surface area contributed by atoms with E-state index in [1.54, 1.807) is 19.1 Å². The largest absolute Gasteiger partial charge is 0.325 e. The molecule has 0 bridgehead atoms. The molecule has 0 heterocycles. The lowest BCUT2D eigenvalue weighted by Gasteiger charge is -2.23. The summed E-state index contributed by atoms with van der Waals surface area (Å²) in [4.78, 5) is 22.8. The molecule has 1 N–H and O–H groups in total. The molecule has 0 aromatic heterocycles. The van der Waals surface area contributed by atoms with E-state index < -0.39 is 10.8 Å². The van der Waals surface area contributed by atoms with Crippen molar-refractivity contribution in [2.45, 2.75) is 39.0 Å². The number of benzene rings is 2.